The fourth-order valence-electron chi connectivity index (χ4n) is 2.39. The van der Waals surface area contributed by atoms with E-state index in [1.54, 1.807) is 30.3 Å². The first-order valence-electron chi connectivity index (χ1n) is 7.06. The Bertz CT molecular complexity index is 947. The number of para-hydroxylation sites is 1. The topological polar surface area (TPSA) is 86.7 Å². The van der Waals surface area contributed by atoms with Gasteiger partial charge in [0.05, 0.1) is 11.3 Å². The van der Waals surface area contributed by atoms with E-state index in [-0.39, 0.29) is 12.2 Å². The molecule has 0 aliphatic rings. The van der Waals surface area contributed by atoms with Crippen LogP contribution in [0.4, 0.5) is 0 Å². The Morgan fingerprint density at radius 3 is 2.78 bits per heavy atom. The van der Waals surface area contributed by atoms with Gasteiger partial charge in [-0.15, -0.1) is 0 Å². The molecule has 0 aliphatic carbocycles. The van der Waals surface area contributed by atoms with Gasteiger partial charge in [-0.25, -0.2) is 4.98 Å². The van der Waals surface area contributed by atoms with Crippen molar-refractivity contribution in [2.45, 2.75) is 13.5 Å². The second-order valence-corrected chi connectivity index (χ2v) is 5.10. The molecule has 3 rings (SSSR count). The van der Waals surface area contributed by atoms with E-state index < -0.39 is 5.91 Å². The number of fused-ring (bicyclic) bond motifs is 1. The Morgan fingerprint density at radius 1 is 1.22 bits per heavy atom. The van der Waals surface area contributed by atoms with Crippen molar-refractivity contribution in [3.05, 3.63) is 75.8 Å². The molecule has 6 heteroatoms. The van der Waals surface area contributed by atoms with Crippen LogP contribution >= 0.6 is 0 Å². The minimum absolute atomic E-state index is 0.0734. The molecule has 0 fully saturated rings. The van der Waals surface area contributed by atoms with Crippen molar-refractivity contribution in [3.8, 4) is 5.75 Å². The van der Waals surface area contributed by atoms with Crippen LogP contribution in [0, 0.1) is 6.92 Å². The molecule has 116 valence electrons. The summed E-state index contributed by atoms with van der Waals surface area (Å²) in [5.41, 5.74) is 7.28. The van der Waals surface area contributed by atoms with E-state index in [0.717, 1.165) is 5.69 Å². The van der Waals surface area contributed by atoms with E-state index >= 15 is 0 Å². The lowest BCUT2D eigenvalue weighted by atomic mass is 10.2. The highest BCUT2D eigenvalue weighted by Crippen LogP contribution is 2.18. The van der Waals surface area contributed by atoms with Crippen LogP contribution in [-0.2, 0) is 6.61 Å². The average molecular weight is 309 g/mol. The largest absolute Gasteiger partial charge is 0.486 e. The quantitative estimate of drug-likeness (QED) is 0.794. The summed E-state index contributed by atoms with van der Waals surface area (Å²) in [6.45, 7) is 1.92. The third-order valence-corrected chi connectivity index (χ3v) is 3.46. The summed E-state index contributed by atoms with van der Waals surface area (Å²) in [4.78, 5) is 28.0. The summed E-state index contributed by atoms with van der Waals surface area (Å²) in [6, 6.07) is 13.5. The van der Waals surface area contributed by atoms with E-state index in [1.807, 2.05) is 19.1 Å². The monoisotopic (exact) mass is 309 g/mol. The van der Waals surface area contributed by atoms with Crippen LogP contribution in [-0.4, -0.2) is 15.3 Å². The maximum absolute atomic E-state index is 12.2. The zero-order valence-corrected chi connectivity index (χ0v) is 12.5. The van der Waals surface area contributed by atoms with Gasteiger partial charge in [0.2, 0.25) is 0 Å². The highest BCUT2D eigenvalue weighted by molar-refractivity contribution is 5.95. The third kappa shape index (κ3) is 2.91. The van der Waals surface area contributed by atoms with Crippen LogP contribution < -0.4 is 16.0 Å². The van der Waals surface area contributed by atoms with E-state index in [1.165, 1.54) is 10.5 Å². The summed E-state index contributed by atoms with van der Waals surface area (Å²) in [5.74, 6) is -0.200. The third-order valence-electron chi connectivity index (χ3n) is 3.46. The molecule has 2 N–H and O–H groups in total. The van der Waals surface area contributed by atoms with E-state index in [2.05, 4.69) is 4.98 Å². The van der Waals surface area contributed by atoms with Crippen molar-refractivity contribution in [3.63, 3.8) is 0 Å². The number of pyridine rings is 1. The molecule has 0 spiro atoms. The first-order chi connectivity index (χ1) is 11.1. The molecule has 1 amide bonds. The van der Waals surface area contributed by atoms with Crippen molar-refractivity contribution in [1.29, 1.82) is 0 Å². The molecule has 6 nitrogen and oxygen atoms in total. The summed E-state index contributed by atoms with van der Waals surface area (Å²) >= 11 is 0. The lowest BCUT2D eigenvalue weighted by Crippen LogP contribution is -2.18. The Balaban J connectivity index is 1.92. The van der Waals surface area contributed by atoms with Gasteiger partial charge < -0.3 is 10.5 Å². The van der Waals surface area contributed by atoms with Crippen molar-refractivity contribution in [1.82, 2.24) is 9.38 Å². The summed E-state index contributed by atoms with van der Waals surface area (Å²) in [7, 11) is 0. The minimum atomic E-state index is -0.567. The number of hydrogen-bond acceptors (Lipinski definition) is 4. The molecule has 0 saturated heterocycles. The van der Waals surface area contributed by atoms with Crippen LogP contribution in [0.3, 0.4) is 0 Å². The number of aryl methyl sites for hydroxylation is 1. The fraction of sp³-hybridized carbons (Fsp3) is 0.118. The molecule has 2 heterocycles. The number of nitrogens with zero attached hydrogens (tertiary/aromatic N) is 2. The Morgan fingerprint density at radius 2 is 2.00 bits per heavy atom. The van der Waals surface area contributed by atoms with Crippen LogP contribution in [0.5, 0.6) is 5.75 Å². The SMILES string of the molecule is Cc1cccc2nc(COc3ccccc3C(N)=O)cc(=O)n12. The van der Waals surface area contributed by atoms with E-state index in [0.29, 0.717) is 22.7 Å². The smallest absolute Gasteiger partial charge is 0.258 e. The second kappa shape index (κ2) is 5.92. The van der Waals surface area contributed by atoms with Crippen molar-refractivity contribution in [2.24, 2.45) is 5.73 Å². The maximum Gasteiger partial charge on any atom is 0.258 e. The number of aromatic nitrogens is 2. The maximum atomic E-state index is 12.2. The van der Waals surface area contributed by atoms with Crippen molar-refractivity contribution < 1.29 is 9.53 Å². The highest BCUT2D eigenvalue weighted by Gasteiger charge is 2.10. The minimum Gasteiger partial charge on any atom is -0.486 e. The summed E-state index contributed by atoms with van der Waals surface area (Å²) in [5, 5.41) is 0. The molecule has 2 aromatic heterocycles. The summed E-state index contributed by atoms with van der Waals surface area (Å²) < 4.78 is 7.14. The van der Waals surface area contributed by atoms with Crippen LogP contribution in [0.15, 0.2) is 53.3 Å². The van der Waals surface area contributed by atoms with Crippen LogP contribution in [0.25, 0.3) is 5.65 Å². The standard InChI is InChI=1S/C17H15N3O3/c1-11-5-4-8-15-19-12(9-16(21)20(11)15)10-23-14-7-3-2-6-13(14)17(18)22/h2-9H,10H2,1H3,(H2,18,22). The predicted octanol–water partition coefficient (Wildman–Crippen LogP) is 1.68. The molecule has 0 aliphatic heterocycles. The molecule has 23 heavy (non-hydrogen) atoms. The van der Waals surface area contributed by atoms with Gasteiger partial charge in [-0.2, -0.15) is 0 Å². The van der Waals surface area contributed by atoms with Gasteiger partial charge in [0.25, 0.3) is 11.5 Å². The number of benzene rings is 1. The number of carbonyl (C=O) groups is 1. The molecule has 1 aromatic carbocycles. The van der Waals surface area contributed by atoms with Gasteiger partial charge in [0, 0.05) is 11.8 Å². The van der Waals surface area contributed by atoms with Crippen LogP contribution in [0.1, 0.15) is 21.7 Å². The predicted molar refractivity (Wildman–Crippen MR) is 85.5 cm³/mol. The van der Waals surface area contributed by atoms with Crippen LogP contribution in [0.2, 0.25) is 0 Å². The number of amides is 1. The number of rotatable bonds is 4. The summed E-state index contributed by atoms with van der Waals surface area (Å²) in [6.07, 6.45) is 0. The molecule has 0 atom stereocenters. The van der Waals surface area contributed by atoms with Gasteiger partial charge in [0.1, 0.15) is 18.0 Å². The first-order valence-corrected chi connectivity index (χ1v) is 7.06. The Hall–Kier alpha value is -3.15. The molecule has 0 radical (unpaired) electrons. The van der Waals surface area contributed by atoms with Crippen molar-refractivity contribution in [2.75, 3.05) is 0 Å². The van der Waals surface area contributed by atoms with Gasteiger partial charge >= 0.3 is 0 Å². The Labute approximate surface area is 132 Å². The average Bonchev–Trinajstić information content (AvgIpc) is 2.53. The number of carbonyl (C=O) groups excluding carboxylic acids is 1. The molecular formula is C17H15N3O3. The number of nitrogens with two attached hydrogens (primary N) is 1. The second-order valence-electron chi connectivity index (χ2n) is 5.10. The van der Waals surface area contributed by atoms with Crippen molar-refractivity contribution >= 4 is 11.6 Å². The molecule has 0 saturated carbocycles. The zero-order valence-electron chi connectivity index (χ0n) is 12.5. The number of ether oxygens (including phenoxy) is 1. The zero-order chi connectivity index (χ0) is 16.4. The van der Waals surface area contributed by atoms with Gasteiger partial charge in [0.15, 0.2) is 0 Å². The van der Waals surface area contributed by atoms with E-state index in [9.17, 15) is 9.59 Å². The van der Waals surface area contributed by atoms with Gasteiger partial charge in [-0.05, 0) is 31.2 Å². The lowest BCUT2D eigenvalue weighted by Gasteiger charge is -2.10. The molecule has 0 unspecified atom stereocenters. The fourth-order valence-corrected chi connectivity index (χ4v) is 2.39. The highest BCUT2D eigenvalue weighted by atomic mass is 16.5. The first kappa shape index (κ1) is 14.8. The molecule has 3 aromatic rings. The van der Waals surface area contributed by atoms with Gasteiger partial charge in [-0.3, -0.25) is 14.0 Å². The molecular weight excluding hydrogens is 294 g/mol. The number of primary amides is 1. The normalized spacial score (nSPS) is 10.7. The Kier molecular flexibility index (Phi) is 3.80. The van der Waals surface area contributed by atoms with Gasteiger partial charge in [-0.1, -0.05) is 18.2 Å². The number of hydrogen-bond donors (Lipinski definition) is 1. The van der Waals surface area contributed by atoms with E-state index in [4.69, 9.17) is 10.5 Å². The molecule has 0 bridgehead atoms. The lowest BCUT2D eigenvalue weighted by molar-refractivity contribution is 0.0996.